The minimum atomic E-state index is -3.18. The first-order valence-corrected chi connectivity index (χ1v) is 11.8. The van der Waals surface area contributed by atoms with Gasteiger partial charge in [0.15, 0.2) is 0 Å². The third-order valence-corrected chi connectivity index (χ3v) is 7.25. The second-order valence-electron chi connectivity index (χ2n) is 7.08. The molecule has 1 fully saturated rings. The average molecular weight is 411 g/mol. The SMILES string of the molecule is Cc1cc(C)n([C@H](CNC(=O)C2CCN(S(C)(=O)=O)CC2)c2cccs2)n1. The lowest BCUT2D eigenvalue weighted by Crippen LogP contribution is -2.43. The summed E-state index contributed by atoms with van der Waals surface area (Å²) < 4.78 is 26.6. The number of piperidine rings is 1. The number of hydrogen-bond donors (Lipinski definition) is 1. The van der Waals surface area contributed by atoms with Gasteiger partial charge in [-0.15, -0.1) is 11.3 Å². The van der Waals surface area contributed by atoms with Gasteiger partial charge in [-0.1, -0.05) is 6.07 Å². The van der Waals surface area contributed by atoms with E-state index >= 15 is 0 Å². The van der Waals surface area contributed by atoms with E-state index in [1.807, 2.05) is 36.0 Å². The molecule has 1 amide bonds. The molecule has 0 aliphatic carbocycles. The fourth-order valence-electron chi connectivity index (χ4n) is 3.54. The van der Waals surface area contributed by atoms with E-state index in [9.17, 15) is 13.2 Å². The van der Waals surface area contributed by atoms with E-state index < -0.39 is 10.0 Å². The van der Waals surface area contributed by atoms with Gasteiger partial charge in [0, 0.05) is 36.1 Å². The van der Waals surface area contributed by atoms with Gasteiger partial charge in [-0.05, 0) is 44.2 Å². The topological polar surface area (TPSA) is 84.3 Å². The Morgan fingerprint density at radius 1 is 1.37 bits per heavy atom. The van der Waals surface area contributed by atoms with Crippen LogP contribution in [0, 0.1) is 19.8 Å². The highest BCUT2D eigenvalue weighted by molar-refractivity contribution is 7.88. The van der Waals surface area contributed by atoms with Gasteiger partial charge in [0.1, 0.15) is 6.04 Å². The summed E-state index contributed by atoms with van der Waals surface area (Å²) in [6.45, 7) is 5.26. The van der Waals surface area contributed by atoms with Gasteiger partial charge >= 0.3 is 0 Å². The quantitative estimate of drug-likeness (QED) is 0.789. The zero-order valence-corrected chi connectivity index (χ0v) is 17.5. The van der Waals surface area contributed by atoms with E-state index in [-0.39, 0.29) is 17.9 Å². The van der Waals surface area contributed by atoms with Crippen molar-refractivity contribution in [3.63, 3.8) is 0 Å². The summed E-state index contributed by atoms with van der Waals surface area (Å²) in [5.41, 5.74) is 2.01. The van der Waals surface area contributed by atoms with Crippen molar-refractivity contribution in [2.24, 2.45) is 5.92 Å². The van der Waals surface area contributed by atoms with Crippen molar-refractivity contribution in [3.8, 4) is 0 Å². The number of amides is 1. The van der Waals surface area contributed by atoms with Crippen molar-refractivity contribution in [2.75, 3.05) is 25.9 Å². The molecule has 0 bridgehead atoms. The van der Waals surface area contributed by atoms with Crippen LogP contribution in [0.5, 0.6) is 0 Å². The Bertz CT molecular complexity index is 882. The van der Waals surface area contributed by atoms with Crippen LogP contribution >= 0.6 is 11.3 Å². The van der Waals surface area contributed by atoms with E-state index in [0.717, 1.165) is 16.3 Å². The summed E-state index contributed by atoms with van der Waals surface area (Å²) >= 11 is 1.65. The fraction of sp³-hybridized carbons (Fsp3) is 0.556. The van der Waals surface area contributed by atoms with Crippen molar-refractivity contribution in [2.45, 2.75) is 32.7 Å². The third-order valence-electron chi connectivity index (χ3n) is 4.97. The van der Waals surface area contributed by atoms with Gasteiger partial charge in [-0.3, -0.25) is 9.48 Å². The van der Waals surface area contributed by atoms with Crippen LogP contribution in [0.25, 0.3) is 0 Å². The molecule has 2 aromatic heterocycles. The van der Waals surface area contributed by atoms with E-state index in [1.165, 1.54) is 10.6 Å². The lowest BCUT2D eigenvalue weighted by atomic mass is 9.97. The average Bonchev–Trinajstić information content (AvgIpc) is 3.25. The fourth-order valence-corrected chi connectivity index (χ4v) is 5.23. The minimum absolute atomic E-state index is 0.00811. The van der Waals surface area contributed by atoms with Gasteiger partial charge in [-0.2, -0.15) is 5.10 Å². The van der Waals surface area contributed by atoms with Crippen LogP contribution in [0.1, 0.15) is 35.1 Å². The Labute approximate surface area is 164 Å². The lowest BCUT2D eigenvalue weighted by molar-refractivity contribution is -0.126. The monoisotopic (exact) mass is 410 g/mol. The molecular weight excluding hydrogens is 384 g/mol. The van der Waals surface area contributed by atoms with Gasteiger partial charge in [-0.25, -0.2) is 12.7 Å². The molecule has 1 N–H and O–H groups in total. The number of aryl methyl sites for hydroxylation is 2. The molecule has 148 valence electrons. The predicted octanol–water partition coefficient (Wildman–Crippen LogP) is 1.94. The number of hydrogen-bond acceptors (Lipinski definition) is 5. The summed E-state index contributed by atoms with van der Waals surface area (Å²) in [6, 6.07) is 6.05. The molecule has 3 rings (SSSR count). The van der Waals surface area contributed by atoms with E-state index in [4.69, 9.17) is 0 Å². The number of nitrogens with zero attached hydrogens (tertiary/aromatic N) is 3. The molecule has 27 heavy (non-hydrogen) atoms. The molecule has 3 heterocycles. The Hall–Kier alpha value is -1.71. The summed E-state index contributed by atoms with van der Waals surface area (Å²) in [5, 5.41) is 9.69. The zero-order valence-electron chi connectivity index (χ0n) is 15.9. The Kier molecular flexibility index (Phi) is 6.02. The highest BCUT2D eigenvalue weighted by atomic mass is 32.2. The second-order valence-corrected chi connectivity index (χ2v) is 10.0. The zero-order chi connectivity index (χ0) is 19.6. The summed E-state index contributed by atoms with van der Waals surface area (Å²) in [7, 11) is -3.18. The maximum Gasteiger partial charge on any atom is 0.223 e. The smallest absolute Gasteiger partial charge is 0.223 e. The Morgan fingerprint density at radius 2 is 2.07 bits per heavy atom. The van der Waals surface area contributed by atoms with Crippen molar-refractivity contribution >= 4 is 27.3 Å². The molecule has 0 spiro atoms. The second kappa shape index (κ2) is 8.12. The van der Waals surface area contributed by atoms with Crippen LogP contribution in [0.4, 0.5) is 0 Å². The highest BCUT2D eigenvalue weighted by Gasteiger charge is 2.29. The molecule has 1 aliphatic heterocycles. The number of aromatic nitrogens is 2. The van der Waals surface area contributed by atoms with Gasteiger partial charge in [0.05, 0.1) is 11.9 Å². The van der Waals surface area contributed by atoms with Gasteiger partial charge in [0.25, 0.3) is 0 Å². The van der Waals surface area contributed by atoms with Crippen LogP contribution in [0.3, 0.4) is 0 Å². The molecule has 2 aromatic rings. The van der Waals surface area contributed by atoms with E-state index in [1.54, 1.807) is 11.3 Å². The summed E-state index contributed by atoms with van der Waals surface area (Å²) in [6.07, 6.45) is 2.33. The number of sulfonamides is 1. The lowest BCUT2D eigenvalue weighted by Gasteiger charge is -2.30. The van der Waals surface area contributed by atoms with Crippen molar-refractivity contribution in [1.82, 2.24) is 19.4 Å². The molecule has 1 atom stereocenters. The molecule has 9 heteroatoms. The number of nitrogens with one attached hydrogen (secondary N) is 1. The van der Waals surface area contributed by atoms with Gasteiger partial charge < -0.3 is 5.32 Å². The number of carbonyl (C=O) groups is 1. The van der Waals surface area contributed by atoms with Crippen molar-refractivity contribution in [1.29, 1.82) is 0 Å². The predicted molar refractivity (Wildman–Crippen MR) is 106 cm³/mol. The number of rotatable bonds is 6. The molecule has 0 radical (unpaired) electrons. The highest BCUT2D eigenvalue weighted by Crippen LogP contribution is 2.25. The van der Waals surface area contributed by atoms with Crippen LogP contribution in [0.15, 0.2) is 23.6 Å². The number of carbonyl (C=O) groups excluding carboxylic acids is 1. The van der Waals surface area contributed by atoms with Crippen molar-refractivity contribution in [3.05, 3.63) is 39.8 Å². The van der Waals surface area contributed by atoms with Crippen LogP contribution in [-0.2, 0) is 14.8 Å². The Balaban J connectivity index is 1.64. The molecule has 0 aromatic carbocycles. The van der Waals surface area contributed by atoms with Gasteiger partial charge in [0.2, 0.25) is 15.9 Å². The first-order chi connectivity index (χ1) is 12.8. The molecule has 0 saturated carbocycles. The van der Waals surface area contributed by atoms with E-state index in [0.29, 0.717) is 32.5 Å². The third kappa shape index (κ3) is 4.77. The van der Waals surface area contributed by atoms with E-state index in [2.05, 4.69) is 16.5 Å². The van der Waals surface area contributed by atoms with Crippen LogP contribution in [-0.4, -0.2) is 54.3 Å². The first-order valence-electron chi connectivity index (χ1n) is 9.04. The largest absolute Gasteiger partial charge is 0.353 e. The number of thiophene rings is 1. The van der Waals surface area contributed by atoms with Crippen molar-refractivity contribution < 1.29 is 13.2 Å². The molecule has 7 nitrogen and oxygen atoms in total. The maximum absolute atomic E-state index is 12.6. The summed E-state index contributed by atoms with van der Waals surface area (Å²) in [5.74, 6) is -0.154. The molecule has 0 unspecified atom stereocenters. The first kappa shape index (κ1) is 20.0. The van der Waals surface area contributed by atoms with Crippen LogP contribution < -0.4 is 5.32 Å². The Morgan fingerprint density at radius 3 is 2.59 bits per heavy atom. The van der Waals surface area contributed by atoms with Crippen LogP contribution in [0.2, 0.25) is 0 Å². The standard InChI is InChI=1S/C18H26N4O3S2/c1-13-11-14(2)22(20-13)16(17-5-4-10-26-17)12-19-18(23)15-6-8-21(9-7-15)27(3,24)25/h4-5,10-11,15-16H,6-9,12H2,1-3H3,(H,19,23)/t16-/m1/s1. The molecular formula is C18H26N4O3S2. The minimum Gasteiger partial charge on any atom is -0.353 e. The molecule has 1 aliphatic rings. The summed E-state index contributed by atoms with van der Waals surface area (Å²) in [4.78, 5) is 13.8. The normalized spacial score (nSPS) is 17.7. The maximum atomic E-state index is 12.6. The molecule has 1 saturated heterocycles.